The molecule has 0 saturated carbocycles. The van der Waals surface area contributed by atoms with Crippen LogP contribution < -0.4 is 9.47 Å². The molecule has 0 spiro atoms. The van der Waals surface area contributed by atoms with Gasteiger partial charge in [-0.05, 0) is 102 Å². The Labute approximate surface area is 252 Å². The fourth-order valence-corrected chi connectivity index (χ4v) is 5.68. The third-order valence-corrected chi connectivity index (χ3v) is 7.59. The predicted molar refractivity (Wildman–Crippen MR) is 169 cm³/mol. The average Bonchev–Trinajstić information content (AvgIpc) is 2.95. The van der Waals surface area contributed by atoms with Crippen LogP contribution in [0.2, 0.25) is 10.0 Å². The van der Waals surface area contributed by atoms with Crippen molar-refractivity contribution in [3.63, 3.8) is 0 Å². The summed E-state index contributed by atoms with van der Waals surface area (Å²) < 4.78 is 11.6. The molecule has 1 atom stereocenters. The van der Waals surface area contributed by atoms with Gasteiger partial charge in [-0.3, -0.25) is 0 Å². The Morgan fingerprint density at radius 2 is 1.59 bits per heavy atom. The van der Waals surface area contributed by atoms with Crippen molar-refractivity contribution >= 4 is 35.2 Å². The molecule has 0 aliphatic rings. The topological polar surface area (TPSA) is 55.8 Å². The minimum atomic E-state index is -0.959. The number of ether oxygens (including phenoxy) is 2. The van der Waals surface area contributed by atoms with Crippen LogP contribution in [0.4, 0.5) is 0 Å². The highest BCUT2D eigenvalue weighted by atomic mass is 35.5. The highest BCUT2D eigenvalue weighted by molar-refractivity contribution is 6.37. The van der Waals surface area contributed by atoms with E-state index in [4.69, 9.17) is 37.8 Å². The lowest BCUT2D eigenvalue weighted by molar-refractivity contribution is -0.131. The zero-order valence-electron chi connectivity index (χ0n) is 23.5. The largest absolute Gasteiger partial charge is 0.490 e. The first kappa shape index (κ1) is 30.2. The molecule has 0 radical (unpaired) electrons. The Bertz CT molecular complexity index is 1500. The molecule has 0 heterocycles. The van der Waals surface area contributed by atoms with Crippen molar-refractivity contribution in [3.05, 3.63) is 123 Å². The molecule has 4 aromatic rings. The summed E-state index contributed by atoms with van der Waals surface area (Å²) in [6, 6.07) is 26.2. The molecule has 0 aromatic heterocycles. The number of carboxylic acid groups (broad SMARTS) is 1. The Morgan fingerprint density at radius 1 is 0.902 bits per heavy atom. The molecule has 0 aliphatic heterocycles. The van der Waals surface area contributed by atoms with Crippen LogP contribution in [-0.4, -0.2) is 24.3 Å². The van der Waals surface area contributed by atoms with Gasteiger partial charge in [0.2, 0.25) is 0 Å². The summed E-state index contributed by atoms with van der Waals surface area (Å²) in [4.78, 5) is 11.0. The van der Waals surface area contributed by atoms with Crippen LogP contribution >= 0.6 is 23.2 Å². The lowest BCUT2D eigenvalue weighted by Gasteiger charge is -2.19. The van der Waals surface area contributed by atoms with E-state index in [2.05, 4.69) is 44.2 Å². The van der Waals surface area contributed by atoms with Gasteiger partial charge in [-0.25, -0.2) is 4.79 Å². The second-order valence-corrected chi connectivity index (χ2v) is 10.9. The Balaban J connectivity index is 1.37. The molecule has 0 fully saturated rings. The quantitative estimate of drug-likeness (QED) is 0.132. The smallest absolute Gasteiger partial charge is 0.328 e. The van der Waals surface area contributed by atoms with Crippen LogP contribution in [0, 0.1) is 13.8 Å². The van der Waals surface area contributed by atoms with Crippen molar-refractivity contribution in [2.75, 3.05) is 13.2 Å². The van der Waals surface area contributed by atoms with Crippen molar-refractivity contribution in [3.8, 4) is 22.6 Å². The summed E-state index contributed by atoms with van der Waals surface area (Å²) in [6.45, 7) is 7.00. The SMILES string of the molecule is CCC(Cc1ccc(OCCOc2c(Cl)cc(C)cc2Cl)cc1)c1ccc(-c2ccccc2/C=C/C(=O)O)cc1C. The van der Waals surface area contributed by atoms with Gasteiger partial charge in [0.1, 0.15) is 19.0 Å². The highest BCUT2D eigenvalue weighted by Gasteiger charge is 2.15. The van der Waals surface area contributed by atoms with Crippen molar-refractivity contribution in [1.29, 1.82) is 0 Å². The van der Waals surface area contributed by atoms with E-state index >= 15 is 0 Å². The van der Waals surface area contributed by atoms with Crippen LogP contribution in [0.5, 0.6) is 11.5 Å². The van der Waals surface area contributed by atoms with Gasteiger partial charge in [-0.1, -0.05) is 84.7 Å². The maximum absolute atomic E-state index is 11.0. The normalized spacial score (nSPS) is 11.9. The van der Waals surface area contributed by atoms with E-state index in [0.717, 1.165) is 40.8 Å². The Hall–Kier alpha value is -3.73. The van der Waals surface area contributed by atoms with Gasteiger partial charge in [0, 0.05) is 6.08 Å². The zero-order valence-corrected chi connectivity index (χ0v) is 25.0. The molecule has 212 valence electrons. The second-order valence-electron chi connectivity index (χ2n) is 10.0. The second kappa shape index (κ2) is 14.2. The Morgan fingerprint density at radius 3 is 2.24 bits per heavy atom. The molecule has 41 heavy (non-hydrogen) atoms. The van der Waals surface area contributed by atoms with E-state index < -0.39 is 5.97 Å². The molecular weight excluding hydrogens is 555 g/mol. The molecule has 4 nitrogen and oxygen atoms in total. The van der Waals surface area contributed by atoms with Gasteiger partial charge in [-0.2, -0.15) is 0 Å². The number of aliphatic carboxylic acids is 1. The third-order valence-electron chi connectivity index (χ3n) is 7.03. The number of halogens is 2. The fraction of sp³-hybridized carbons (Fsp3) is 0.229. The van der Waals surface area contributed by atoms with Crippen LogP contribution in [0.1, 0.15) is 47.1 Å². The first-order chi connectivity index (χ1) is 19.7. The Kier molecular flexibility index (Phi) is 10.5. The molecule has 6 heteroatoms. The van der Waals surface area contributed by atoms with E-state index in [-0.39, 0.29) is 0 Å². The first-order valence-electron chi connectivity index (χ1n) is 13.7. The highest BCUT2D eigenvalue weighted by Crippen LogP contribution is 2.34. The molecule has 4 aromatic carbocycles. The van der Waals surface area contributed by atoms with Crippen LogP contribution in [0.3, 0.4) is 0 Å². The number of aryl methyl sites for hydroxylation is 2. The van der Waals surface area contributed by atoms with Gasteiger partial charge in [0.25, 0.3) is 0 Å². The van der Waals surface area contributed by atoms with Gasteiger partial charge in [0.05, 0.1) is 10.0 Å². The summed E-state index contributed by atoms with van der Waals surface area (Å²) in [5.74, 6) is 0.670. The first-order valence-corrected chi connectivity index (χ1v) is 14.4. The van der Waals surface area contributed by atoms with Gasteiger partial charge in [0.15, 0.2) is 5.75 Å². The van der Waals surface area contributed by atoms with Crippen molar-refractivity contribution < 1.29 is 19.4 Å². The van der Waals surface area contributed by atoms with E-state index in [1.165, 1.54) is 22.8 Å². The van der Waals surface area contributed by atoms with Crippen LogP contribution in [0.25, 0.3) is 17.2 Å². The van der Waals surface area contributed by atoms with Crippen LogP contribution in [-0.2, 0) is 11.2 Å². The number of benzene rings is 4. The minimum absolute atomic E-state index is 0.331. The molecule has 0 bridgehead atoms. The number of carboxylic acids is 1. The standard InChI is InChI=1S/C35H34Cl2O4/c1-4-26(30-15-11-28(21-24(30)3)31-8-6-5-7-27(31)12-16-34(38)39)22-25-9-13-29(14-10-25)40-17-18-41-35-32(36)19-23(2)20-33(35)37/h5-16,19-21,26H,4,17-18,22H2,1-3H3,(H,38,39)/b16-12+. The van der Waals surface area contributed by atoms with E-state index in [1.807, 2.05) is 55.5 Å². The summed E-state index contributed by atoms with van der Waals surface area (Å²) >= 11 is 12.5. The van der Waals surface area contributed by atoms with Gasteiger partial charge < -0.3 is 14.6 Å². The average molecular weight is 590 g/mol. The molecule has 4 rings (SSSR count). The van der Waals surface area contributed by atoms with Gasteiger partial charge in [-0.15, -0.1) is 0 Å². The summed E-state index contributed by atoms with van der Waals surface area (Å²) in [5.41, 5.74) is 7.73. The van der Waals surface area contributed by atoms with Crippen LogP contribution in [0.15, 0.2) is 84.9 Å². The lowest BCUT2D eigenvalue weighted by Crippen LogP contribution is -2.09. The lowest BCUT2D eigenvalue weighted by atomic mass is 9.85. The van der Waals surface area contributed by atoms with Crippen molar-refractivity contribution in [2.24, 2.45) is 0 Å². The van der Waals surface area contributed by atoms with Gasteiger partial charge >= 0.3 is 5.97 Å². The number of carbonyl (C=O) groups is 1. The maximum atomic E-state index is 11.0. The summed E-state index contributed by atoms with van der Waals surface area (Å²) in [7, 11) is 0. The molecule has 1 unspecified atom stereocenters. The number of hydrogen-bond acceptors (Lipinski definition) is 3. The molecule has 0 saturated heterocycles. The number of rotatable bonds is 12. The fourth-order valence-electron chi connectivity index (χ4n) is 4.98. The predicted octanol–water partition coefficient (Wildman–Crippen LogP) is 9.57. The van der Waals surface area contributed by atoms with E-state index in [0.29, 0.717) is 34.9 Å². The molecule has 0 aliphatic carbocycles. The van der Waals surface area contributed by atoms with Crippen molar-refractivity contribution in [1.82, 2.24) is 0 Å². The summed E-state index contributed by atoms with van der Waals surface area (Å²) in [6.07, 6.45) is 4.75. The maximum Gasteiger partial charge on any atom is 0.328 e. The summed E-state index contributed by atoms with van der Waals surface area (Å²) in [5, 5.41) is 10.0. The third kappa shape index (κ3) is 8.16. The molecule has 1 N–H and O–H groups in total. The van der Waals surface area contributed by atoms with Crippen molar-refractivity contribution in [2.45, 2.75) is 39.5 Å². The number of hydrogen-bond donors (Lipinski definition) is 1. The van der Waals surface area contributed by atoms with E-state index in [9.17, 15) is 4.79 Å². The minimum Gasteiger partial charge on any atom is -0.490 e. The monoisotopic (exact) mass is 588 g/mol. The van der Waals surface area contributed by atoms with E-state index in [1.54, 1.807) is 6.08 Å². The molecular formula is C35H34Cl2O4. The molecule has 0 amide bonds. The zero-order chi connectivity index (χ0) is 29.4.